The molecule has 0 radical (unpaired) electrons. The maximum Gasteiger partial charge on any atom is 0.235 e. The van der Waals surface area contributed by atoms with Gasteiger partial charge in [0, 0.05) is 12.2 Å². The molecule has 94 valence electrons. The van der Waals surface area contributed by atoms with E-state index in [0.717, 1.165) is 18.0 Å². The number of rotatable bonds is 3. The molecule has 1 aliphatic heterocycles. The minimum absolute atomic E-state index is 0.519. The van der Waals surface area contributed by atoms with Crippen molar-refractivity contribution in [1.82, 2.24) is 14.9 Å². The van der Waals surface area contributed by atoms with Crippen molar-refractivity contribution in [2.24, 2.45) is 0 Å². The van der Waals surface area contributed by atoms with Gasteiger partial charge in [0.15, 0.2) is 0 Å². The molecule has 1 aromatic rings. The Hall–Kier alpha value is -1.16. The number of likely N-dealkylation sites (N-methyl/N-ethyl adjacent to an activating group) is 1. The Kier molecular flexibility index (Phi) is 3.94. The van der Waals surface area contributed by atoms with Crippen molar-refractivity contribution in [3.8, 4) is 5.88 Å². The van der Waals surface area contributed by atoms with Gasteiger partial charge in [-0.3, -0.25) is 4.98 Å². The van der Waals surface area contributed by atoms with E-state index in [1.165, 1.54) is 25.8 Å². The fraction of sp³-hybridized carbons (Fsp3) is 0.692. The second-order valence-corrected chi connectivity index (χ2v) is 4.84. The molecule has 17 heavy (non-hydrogen) atoms. The highest BCUT2D eigenvalue weighted by atomic mass is 16.5. The van der Waals surface area contributed by atoms with Crippen molar-refractivity contribution >= 4 is 0 Å². The highest BCUT2D eigenvalue weighted by Crippen LogP contribution is 2.17. The van der Waals surface area contributed by atoms with E-state index in [9.17, 15) is 0 Å². The fourth-order valence-electron chi connectivity index (χ4n) is 2.18. The van der Waals surface area contributed by atoms with E-state index in [2.05, 4.69) is 21.9 Å². The molecule has 1 aromatic heterocycles. The number of hydrogen-bond acceptors (Lipinski definition) is 4. The van der Waals surface area contributed by atoms with E-state index in [-0.39, 0.29) is 0 Å². The molecular weight excluding hydrogens is 214 g/mol. The molecule has 1 atom stereocenters. The molecule has 2 heterocycles. The van der Waals surface area contributed by atoms with Crippen LogP contribution >= 0.6 is 0 Å². The van der Waals surface area contributed by atoms with Gasteiger partial charge in [0.25, 0.3) is 0 Å². The van der Waals surface area contributed by atoms with Gasteiger partial charge in [0.05, 0.1) is 11.4 Å². The summed E-state index contributed by atoms with van der Waals surface area (Å²) in [5.41, 5.74) is 1.77. The van der Waals surface area contributed by atoms with Crippen molar-refractivity contribution in [2.45, 2.75) is 39.2 Å². The zero-order valence-electron chi connectivity index (χ0n) is 10.9. The molecule has 0 aliphatic carbocycles. The Morgan fingerprint density at radius 3 is 3.00 bits per heavy atom. The van der Waals surface area contributed by atoms with Gasteiger partial charge in [-0.2, -0.15) is 0 Å². The van der Waals surface area contributed by atoms with Crippen molar-refractivity contribution in [2.75, 3.05) is 20.2 Å². The van der Waals surface area contributed by atoms with Crippen molar-refractivity contribution in [3.63, 3.8) is 0 Å². The third-order valence-corrected chi connectivity index (χ3v) is 3.37. The molecule has 0 spiro atoms. The van der Waals surface area contributed by atoms with E-state index in [0.29, 0.717) is 11.9 Å². The van der Waals surface area contributed by atoms with Gasteiger partial charge in [-0.25, -0.2) is 4.98 Å². The topological polar surface area (TPSA) is 38.2 Å². The van der Waals surface area contributed by atoms with E-state index < -0.39 is 0 Å². The van der Waals surface area contributed by atoms with Gasteiger partial charge in [0.1, 0.15) is 6.61 Å². The van der Waals surface area contributed by atoms with Crippen LogP contribution in [0.25, 0.3) is 0 Å². The van der Waals surface area contributed by atoms with Crippen LogP contribution in [0.5, 0.6) is 5.88 Å². The predicted molar refractivity (Wildman–Crippen MR) is 67.3 cm³/mol. The molecule has 1 aliphatic rings. The number of hydrogen-bond donors (Lipinski definition) is 0. The van der Waals surface area contributed by atoms with Gasteiger partial charge in [-0.1, -0.05) is 6.42 Å². The van der Waals surface area contributed by atoms with Crippen LogP contribution in [-0.2, 0) is 0 Å². The summed E-state index contributed by atoms with van der Waals surface area (Å²) >= 11 is 0. The smallest absolute Gasteiger partial charge is 0.235 e. The highest BCUT2D eigenvalue weighted by molar-refractivity contribution is 5.18. The lowest BCUT2D eigenvalue weighted by Gasteiger charge is -2.32. The van der Waals surface area contributed by atoms with Crippen molar-refractivity contribution in [1.29, 1.82) is 0 Å². The Balaban J connectivity index is 1.94. The molecule has 0 bridgehead atoms. The second-order valence-electron chi connectivity index (χ2n) is 4.84. The monoisotopic (exact) mass is 235 g/mol. The van der Waals surface area contributed by atoms with Crippen LogP contribution in [0.15, 0.2) is 6.20 Å². The third kappa shape index (κ3) is 3.16. The van der Waals surface area contributed by atoms with Crippen LogP contribution in [0.2, 0.25) is 0 Å². The number of piperidine rings is 1. The molecule has 1 fully saturated rings. The van der Waals surface area contributed by atoms with Gasteiger partial charge < -0.3 is 9.64 Å². The van der Waals surface area contributed by atoms with Crippen LogP contribution in [0.3, 0.4) is 0 Å². The Bertz CT molecular complexity index is 381. The molecule has 4 heteroatoms. The van der Waals surface area contributed by atoms with Crippen LogP contribution in [0.4, 0.5) is 0 Å². The van der Waals surface area contributed by atoms with Crippen LogP contribution < -0.4 is 4.74 Å². The van der Waals surface area contributed by atoms with Crippen molar-refractivity contribution in [3.05, 3.63) is 17.6 Å². The van der Waals surface area contributed by atoms with E-state index in [1.807, 2.05) is 13.8 Å². The quantitative estimate of drug-likeness (QED) is 0.802. The number of aromatic nitrogens is 2. The van der Waals surface area contributed by atoms with Crippen molar-refractivity contribution < 1.29 is 4.74 Å². The number of likely N-dealkylation sites (tertiary alicyclic amines) is 1. The number of ether oxygens (including phenoxy) is 1. The lowest BCUT2D eigenvalue weighted by molar-refractivity contribution is 0.122. The molecule has 1 unspecified atom stereocenters. The first-order valence-corrected chi connectivity index (χ1v) is 6.30. The largest absolute Gasteiger partial charge is 0.475 e. The third-order valence-electron chi connectivity index (χ3n) is 3.37. The molecule has 1 saturated heterocycles. The van der Waals surface area contributed by atoms with Crippen LogP contribution in [0, 0.1) is 13.8 Å². The molecule has 0 aromatic carbocycles. The first-order chi connectivity index (χ1) is 8.16. The number of nitrogens with zero attached hydrogens (tertiary/aromatic N) is 3. The second kappa shape index (κ2) is 5.45. The average molecular weight is 235 g/mol. The number of aryl methyl sites for hydroxylation is 2. The minimum Gasteiger partial charge on any atom is -0.475 e. The summed E-state index contributed by atoms with van der Waals surface area (Å²) in [6, 6.07) is 0.519. The first-order valence-electron chi connectivity index (χ1n) is 6.30. The lowest BCUT2D eigenvalue weighted by Crippen LogP contribution is -2.40. The Morgan fingerprint density at radius 1 is 1.41 bits per heavy atom. The summed E-state index contributed by atoms with van der Waals surface area (Å²) < 4.78 is 5.81. The highest BCUT2D eigenvalue weighted by Gasteiger charge is 2.19. The van der Waals surface area contributed by atoms with Gasteiger partial charge in [0.2, 0.25) is 5.88 Å². The standard InChI is InChI=1S/C13H21N3O/c1-10-8-14-11(2)13(15-10)17-9-12-6-4-5-7-16(12)3/h8,12H,4-7,9H2,1-3H3. The fourth-order valence-corrected chi connectivity index (χ4v) is 2.18. The Labute approximate surface area is 103 Å². The SMILES string of the molecule is Cc1cnc(C)c(OCC2CCCCN2C)n1. The summed E-state index contributed by atoms with van der Waals surface area (Å²) in [6.07, 6.45) is 5.59. The maximum absolute atomic E-state index is 5.81. The van der Waals surface area contributed by atoms with Gasteiger partial charge in [-0.15, -0.1) is 0 Å². The maximum atomic E-state index is 5.81. The minimum atomic E-state index is 0.519. The van der Waals surface area contributed by atoms with Gasteiger partial charge >= 0.3 is 0 Å². The molecule has 2 rings (SSSR count). The zero-order chi connectivity index (χ0) is 12.3. The normalized spacial score (nSPS) is 21.5. The zero-order valence-corrected chi connectivity index (χ0v) is 10.9. The van der Waals surface area contributed by atoms with E-state index in [1.54, 1.807) is 6.20 Å². The van der Waals surface area contributed by atoms with E-state index in [4.69, 9.17) is 4.74 Å². The summed E-state index contributed by atoms with van der Waals surface area (Å²) in [6.45, 7) is 5.76. The molecule has 4 nitrogen and oxygen atoms in total. The molecule has 0 amide bonds. The summed E-state index contributed by atoms with van der Waals surface area (Å²) in [5.74, 6) is 0.684. The Morgan fingerprint density at radius 2 is 2.24 bits per heavy atom. The summed E-state index contributed by atoms with van der Waals surface area (Å²) in [7, 11) is 2.17. The summed E-state index contributed by atoms with van der Waals surface area (Å²) in [4.78, 5) is 11.0. The lowest BCUT2D eigenvalue weighted by atomic mass is 10.0. The molecule has 0 saturated carbocycles. The van der Waals surface area contributed by atoms with Crippen LogP contribution in [0.1, 0.15) is 30.7 Å². The van der Waals surface area contributed by atoms with E-state index >= 15 is 0 Å². The predicted octanol–water partition coefficient (Wildman–Crippen LogP) is 1.96. The molecular formula is C13H21N3O. The molecule has 0 N–H and O–H groups in total. The summed E-state index contributed by atoms with van der Waals surface area (Å²) in [5, 5.41) is 0. The first kappa shape index (κ1) is 12.3. The average Bonchev–Trinajstić information content (AvgIpc) is 2.32. The van der Waals surface area contributed by atoms with Gasteiger partial charge in [-0.05, 0) is 40.3 Å². The van der Waals surface area contributed by atoms with Crippen LogP contribution in [-0.4, -0.2) is 41.1 Å².